The highest BCUT2D eigenvalue weighted by Crippen LogP contribution is 2.44. The van der Waals surface area contributed by atoms with Crippen molar-refractivity contribution in [3.05, 3.63) is 254 Å². The van der Waals surface area contributed by atoms with Gasteiger partial charge in [-0.15, -0.1) is 0 Å². The Morgan fingerprint density at radius 1 is 0.262 bits per heavy atom. The third-order valence-electron chi connectivity index (χ3n) is 11.7. The van der Waals surface area contributed by atoms with Crippen LogP contribution >= 0.6 is 0 Å². The third-order valence-corrected chi connectivity index (χ3v) is 11.7. The van der Waals surface area contributed by atoms with Crippen LogP contribution < -0.4 is 4.90 Å². The zero-order valence-electron chi connectivity index (χ0n) is 34.0. The Balaban J connectivity index is 1.15. The van der Waals surface area contributed by atoms with Crippen molar-refractivity contribution in [3.8, 4) is 66.8 Å². The van der Waals surface area contributed by atoms with Gasteiger partial charge in [-0.3, -0.25) is 0 Å². The van der Waals surface area contributed by atoms with E-state index in [1.165, 1.54) is 77.9 Å². The van der Waals surface area contributed by atoms with Crippen LogP contribution in [0.3, 0.4) is 0 Å². The van der Waals surface area contributed by atoms with Crippen molar-refractivity contribution in [2.75, 3.05) is 4.90 Å². The maximum absolute atomic E-state index is 2.41. The van der Waals surface area contributed by atoms with Gasteiger partial charge in [-0.05, 0) is 139 Å². The minimum Gasteiger partial charge on any atom is -0.310 e. The van der Waals surface area contributed by atoms with Gasteiger partial charge >= 0.3 is 0 Å². The van der Waals surface area contributed by atoms with Gasteiger partial charge in [-0.2, -0.15) is 0 Å². The first-order valence-corrected chi connectivity index (χ1v) is 21.2. The molecule has 61 heavy (non-hydrogen) atoms. The molecule has 0 N–H and O–H groups in total. The van der Waals surface area contributed by atoms with E-state index in [4.69, 9.17) is 0 Å². The van der Waals surface area contributed by atoms with Crippen molar-refractivity contribution >= 4 is 22.6 Å². The zero-order chi connectivity index (χ0) is 40.8. The monoisotopic (exact) mass is 779 g/mol. The molecular formula is C60H45N. The van der Waals surface area contributed by atoms with Crippen molar-refractivity contribution in [3.63, 3.8) is 0 Å². The van der Waals surface area contributed by atoms with Crippen LogP contribution in [0.1, 0.15) is 18.4 Å². The fourth-order valence-electron chi connectivity index (χ4n) is 8.63. The van der Waals surface area contributed by atoms with Gasteiger partial charge < -0.3 is 4.90 Å². The van der Waals surface area contributed by atoms with Crippen molar-refractivity contribution in [2.24, 2.45) is 0 Å². The molecule has 0 unspecified atom stereocenters. The summed E-state index contributed by atoms with van der Waals surface area (Å²) < 4.78 is 0. The minimum absolute atomic E-state index is 1.08. The summed E-state index contributed by atoms with van der Waals surface area (Å²) in [5.74, 6) is 0. The average Bonchev–Trinajstić information content (AvgIpc) is 3.36. The van der Waals surface area contributed by atoms with Gasteiger partial charge in [0, 0.05) is 17.1 Å². The van der Waals surface area contributed by atoms with Crippen LogP contribution in [0.25, 0.3) is 72.3 Å². The summed E-state index contributed by atoms with van der Waals surface area (Å²) in [6.07, 6.45) is 9.08. The highest BCUT2D eigenvalue weighted by molar-refractivity contribution is 5.93. The molecule has 1 nitrogen and oxygen atoms in total. The summed E-state index contributed by atoms with van der Waals surface area (Å²) in [4.78, 5) is 2.41. The molecule has 0 atom stereocenters. The van der Waals surface area contributed by atoms with Crippen LogP contribution in [0, 0.1) is 0 Å². The molecule has 9 aromatic rings. The van der Waals surface area contributed by atoms with E-state index in [2.05, 4.69) is 254 Å². The molecule has 0 radical (unpaired) electrons. The third kappa shape index (κ3) is 8.02. The van der Waals surface area contributed by atoms with Crippen molar-refractivity contribution < 1.29 is 0 Å². The predicted octanol–water partition coefficient (Wildman–Crippen LogP) is 16.9. The Kier molecular flexibility index (Phi) is 10.6. The van der Waals surface area contributed by atoms with Gasteiger partial charge in [0.15, 0.2) is 0 Å². The normalized spacial score (nSPS) is 12.2. The molecule has 9 aromatic carbocycles. The Bertz CT molecular complexity index is 2980. The van der Waals surface area contributed by atoms with Crippen LogP contribution in [0.2, 0.25) is 0 Å². The maximum Gasteiger partial charge on any atom is 0.0468 e. The van der Waals surface area contributed by atoms with E-state index in [9.17, 15) is 0 Å². The molecule has 290 valence electrons. The molecule has 0 spiro atoms. The smallest absolute Gasteiger partial charge is 0.0468 e. The molecule has 1 heteroatoms. The Hall–Kier alpha value is -7.74. The zero-order valence-corrected chi connectivity index (χ0v) is 34.0. The number of benzene rings is 9. The minimum atomic E-state index is 1.08. The van der Waals surface area contributed by atoms with Gasteiger partial charge in [0.05, 0.1) is 0 Å². The van der Waals surface area contributed by atoms with E-state index in [-0.39, 0.29) is 0 Å². The summed E-state index contributed by atoms with van der Waals surface area (Å²) >= 11 is 0. The lowest BCUT2D eigenvalue weighted by atomic mass is 9.90. The van der Waals surface area contributed by atoms with E-state index in [1.54, 1.807) is 0 Å². The van der Waals surface area contributed by atoms with Crippen LogP contribution in [0.4, 0.5) is 17.1 Å². The van der Waals surface area contributed by atoms with Gasteiger partial charge in [0.2, 0.25) is 0 Å². The van der Waals surface area contributed by atoms with Crippen molar-refractivity contribution in [1.82, 2.24) is 0 Å². The van der Waals surface area contributed by atoms with Crippen molar-refractivity contribution in [1.29, 1.82) is 0 Å². The van der Waals surface area contributed by atoms with Crippen LogP contribution in [0.5, 0.6) is 0 Å². The van der Waals surface area contributed by atoms with E-state index in [0.717, 1.165) is 29.9 Å². The molecule has 0 aromatic heterocycles. The molecule has 0 fully saturated rings. The highest BCUT2D eigenvalue weighted by Gasteiger charge is 2.20. The van der Waals surface area contributed by atoms with Crippen molar-refractivity contribution in [2.45, 2.75) is 12.8 Å². The SMILES string of the molecule is C1=CC(c2cccc(-c3ccc(N(c4ccc(-c5ccccc5)cc4)c4ccc(-c5cccc(-c6ccccc6)c5)c(-c5ccccc5)c4)cc3-c3ccccc3)c2)=CCC1. The summed E-state index contributed by atoms with van der Waals surface area (Å²) in [7, 11) is 0. The molecule has 1 aliphatic rings. The topological polar surface area (TPSA) is 3.24 Å². The second kappa shape index (κ2) is 17.2. The quantitative estimate of drug-likeness (QED) is 0.134. The van der Waals surface area contributed by atoms with E-state index < -0.39 is 0 Å². The summed E-state index contributed by atoms with van der Waals surface area (Å²) in [6, 6.07) is 83.7. The molecule has 0 saturated heterocycles. The Labute approximate surface area is 359 Å². The lowest BCUT2D eigenvalue weighted by Gasteiger charge is -2.28. The Morgan fingerprint density at radius 3 is 1.18 bits per heavy atom. The lowest BCUT2D eigenvalue weighted by molar-refractivity contribution is 1.04. The van der Waals surface area contributed by atoms with Crippen LogP contribution in [-0.4, -0.2) is 0 Å². The van der Waals surface area contributed by atoms with Gasteiger partial charge in [0.25, 0.3) is 0 Å². The first-order valence-electron chi connectivity index (χ1n) is 21.2. The van der Waals surface area contributed by atoms with Crippen LogP contribution in [0.15, 0.2) is 249 Å². The molecule has 1 aliphatic carbocycles. The van der Waals surface area contributed by atoms with Crippen LogP contribution in [-0.2, 0) is 0 Å². The summed E-state index contributed by atoms with van der Waals surface area (Å²) in [6.45, 7) is 0. The van der Waals surface area contributed by atoms with E-state index in [0.29, 0.717) is 0 Å². The second-order valence-electron chi connectivity index (χ2n) is 15.6. The molecular weight excluding hydrogens is 735 g/mol. The molecule has 0 heterocycles. The number of rotatable bonds is 10. The molecule has 10 rings (SSSR count). The standard InChI is InChI=1S/C60H45N/c1-6-18-44(19-7-1)47-32-34-54(35-33-47)61(55-36-38-57(59(42-55)48-24-12-4-13-25-48)52-30-16-28-50(40-52)45-20-8-2-9-21-45)56-37-39-58(60(43-56)49-26-14-5-15-27-49)53-31-17-29-51(41-53)46-22-10-3-11-23-46/h1-2,4-10,12-43H,3,11H2. The highest BCUT2D eigenvalue weighted by atomic mass is 15.1. The fraction of sp³-hybridized carbons (Fsp3) is 0.0333. The van der Waals surface area contributed by atoms with E-state index in [1.807, 2.05) is 0 Å². The maximum atomic E-state index is 2.41. The number of allylic oxidation sites excluding steroid dienone is 4. The summed E-state index contributed by atoms with van der Waals surface area (Å²) in [5, 5.41) is 0. The van der Waals surface area contributed by atoms with Gasteiger partial charge in [0.1, 0.15) is 0 Å². The first kappa shape index (κ1) is 37.5. The number of hydrogen-bond donors (Lipinski definition) is 0. The second-order valence-corrected chi connectivity index (χ2v) is 15.6. The largest absolute Gasteiger partial charge is 0.310 e. The molecule has 0 bridgehead atoms. The molecule has 0 aliphatic heterocycles. The Morgan fingerprint density at radius 2 is 0.672 bits per heavy atom. The number of hydrogen-bond acceptors (Lipinski definition) is 1. The predicted molar refractivity (Wildman–Crippen MR) is 260 cm³/mol. The fourth-order valence-corrected chi connectivity index (χ4v) is 8.63. The number of nitrogens with zero attached hydrogens (tertiary/aromatic N) is 1. The lowest BCUT2D eigenvalue weighted by Crippen LogP contribution is -2.10. The molecule has 0 saturated carbocycles. The van der Waals surface area contributed by atoms with E-state index >= 15 is 0 Å². The first-order chi connectivity index (χ1) is 30.2. The summed E-state index contributed by atoms with van der Waals surface area (Å²) in [5.41, 5.74) is 20.1. The average molecular weight is 780 g/mol. The van der Waals surface area contributed by atoms with Gasteiger partial charge in [-0.1, -0.05) is 200 Å². The van der Waals surface area contributed by atoms with Gasteiger partial charge in [-0.25, -0.2) is 0 Å². The number of anilines is 3. The molecule has 0 amide bonds.